The number of amides is 2. The Hall–Kier alpha value is -2.65. The van der Waals surface area contributed by atoms with Crippen LogP contribution in [0, 0.1) is 5.92 Å². The molecule has 1 aromatic carbocycles. The van der Waals surface area contributed by atoms with Gasteiger partial charge in [0.25, 0.3) is 0 Å². The van der Waals surface area contributed by atoms with E-state index in [0.717, 1.165) is 4.90 Å². The number of esters is 1. The molecular formula is C17H19F3N2O5. The predicted molar refractivity (Wildman–Crippen MR) is 85.9 cm³/mol. The second-order valence-electron chi connectivity index (χ2n) is 6.23. The number of ether oxygens (including phenoxy) is 3. The van der Waals surface area contributed by atoms with E-state index < -0.39 is 30.0 Å². The van der Waals surface area contributed by atoms with E-state index in [4.69, 9.17) is 14.2 Å². The van der Waals surface area contributed by atoms with Gasteiger partial charge in [0.15, 0.2) is 11.5 Å². The van der Waals surface area contributed by atoms with Crippen LogP contribution >= 0.6 is 0 Å². The number of para-hydroxylation sites is 2. The first-order chi connectivity index (χ1) is 12.8. The second-order valence-corrected chi connectivity index (χ2v) is 6.23. The van der Waals surface area contributed by atoms with Crippen LogP contribution in [0.15, 0.2) is 24.3 Å². The van der Waals surface area contributed by atoms with E-state index in [1.54, 1.807) is 12.2 Å². The van der Waals surface area contributed by atoms with E-state index in [0.29, 0.717) is 12.8 Å². The molecular weight excluding hydrogens is 369 g/mol. The number of hydrogen-bond acceptors (Lipinski definition) is 5. The number of fused-ring (bicyclic) bond motifs is 1. The summed E-state index contributed by atoms with van der Waals surface area (Å²) in [6.45, 7) is 2.03. The number of rotatable bonds is 3. The van der Waals surface area contributed by atoms with Crippen molar-refractivity contribution >= 4 is 12.0 Å². The number of nitrogens with zero attached hydrogens (tertiary/aromatic N) is 1. The summed E-state index contributed by atoms with van der Waals surface area (Å²) in [5.74, 6) is -4.61. The Bertz CT molecular complexity index is 700. The highest BCUT2D eigenvalue weighted by molar-refractivity contribution is 5.78. The third-order valence-electron chi connectivity index (χ3n) is 4.33. The fourth-order valence-corrected chi connectivity index (χ4v) is 3.02. The first-order valence-corrected chi connectivity index (χ1v) is 8.53. The number of halogens is 3. The minimum absolute atomic E-state index is 0.0362. The van der Waals surface area contributed by atoms with Crippen molar-refractivity contribution in [3.05, 3.63) is 24.3 Å². The van der Waals surface area contributed by atoms with E-state index in [-0.39, 0.29) is 31.2 Å². The van der Waals surface area contributed by atoms with Crippen LogP contribution in [0.25, 0.3) is 0 Å². The number of carbonyl (C=O) groups is 2. The van der Waals surface area contributed by atoms with Crippen molar-refractivity contribution in [1.82, 2.24) is 10.2 Å². The first kappa shape index (κ1) is 19.1. The number of hydrogen-bond donors (Lipinski definition) is 1. The van der Waals surface area contributed by atoms with Crippen LogP contribution in [0.2, 0.25) is 0 Å². The number of piperidine rings is 1. The number of nitrogens with one attached hydrogen (secondary N) is 1. The third kappa shape index (κ3) is 3.74. The molecule has 1 atom stereocenters. The summed E-state index contributed by atoms with van der Waals surface area (Å²) < 4.78 is 55.8. The molecule has 2 aliphatic heterocycles. The maximum atomic E-state index is 13.7. The van der Waals surface area contributed by atoms with E-state index in [1.165, 1.54) is 24.3 Å². The second kappa shape index (κ2) is 7.16. The Morgan fingerprint density at radius 1 is 1.30 bits per heavy atom. The average Bonchev–Trinajstić information content (AvgIpc) is 3.01. The highest BCUT2D eigenvalue weighted by Gasteiger charge is 2.66. The van der Waals surface area contributed by atoms with Gasteiger partial charge in [0.05, 0.1) is 12.5 Å². The topological polar surface area (TPSA) is 77.1 Å². The molecule has 2 aliphatic rings. The van der Waals surface area contributed by atoms with Gasteiger partial charge in [-0.1, -0.05) is 12.1 Å². The minimum Gasteiger partial charge on any atom is -0.466 e. The maximum Gasteiger partial charge on any atom is 0.492 e. The fourth-order valence-electron chi connectivity index (χ4n) is 3.02. The molecule has 1 fully saturated rings. The monoisotopic (exact) mass is 388 g/mol. The van der Waals surface area contributed by atoms with Crippen LogP contribution in [0.4, 0.5) is 18.0 Å². The Balaban J connectivity index is 1.74. The quantitative estimate of drug-likeness (QED) is 0.806. The molecule has 148 valence electrons. The van der Waals surface area contributed by atoms with Crippen LogP contribution in [0.3, 0.4) is 0 Å². The van der Waals surface area contributed by atoms with E-state index in [1.807, 2.05) is 0 Å². The lowest BCUT2D eigenvalue weighted by molar-refractivity contribution is -0.318. The van der Waals surface area contributed by atoms with E-state index in [9.17, 15) is 22.8 Å². The summed E-state index contributed by atoms with van der Waals surface area (Å²) >= 11 is 0. The first-order valence-electron chi connectivity index (χ1n) is 8.53. The summed E-state index contributed by atoms with van der Waals surface area (Å²) in [4.78, 5) is 25.5. The molecule has 0 radical (unpaired) electrons. The minimum atomic E-state index is -5.03. The van der Waals surface area contributed by atoms with Crippen LogP contribution in [0.5, 0.6) is 11.5 Å². The number of carbonyl (C=O) groups excluding carboxylic acids is 2. The lowest BCUT2D eigenvalue weighted by atomic mass is 9.98. The standard InChI is InChI=1S/C17H19F3N2O5/c1-2-25-14(23)11-6-5-9-22(10-11)15(24)21-17(16(18,19)20)26-12-7-3-4-8-13(12)27-17/h3-4,7-8,11H,2,5-6,9-10H2,1H3,(H,21,24)/t11-/m0/s1. The predicted octanol–water partition coefficient (Wildman–Crippen LogP) is 2.66. The Labute approximate surface area is 153 Å². The van der Waals surface area contributed by atoms with Crippen LogP contribution in [-0.2, 0) is 9.53 Å². The lowest BCUT2D eigenvalue weighted by Gasteiger charge is -2.35. The number of alkyl halides is 3. The average molecular weight is 388 g/mol. The molecule has 7 nitrogen and oxygen atoms in total. The highest BCUT2D eigenvalue weighted by Crippen LogP contribution is 2.45. The highest BCUT2D eigenvalue weighted by atomic mass is 19.4. The summed E-state index contributed by atoms with van der Waals surface area (Å²) in [6.07, 6.45) is -4.05. The zero-order valence-corrected chi connectivity index (χ0v) is 14.5. The molecule has 0 saturated carbocycles. The molecule has 0 aliphatic carbocycles. The van der Waals surface area contributed by atoms with Crippen LogP contribution < -0.4 is 14.8 Å². The zero-order chi connectivity index (χ0) is 19.7. The van der Waals surface area contributed by atoms with Gasteiger partial charge in [-0.15, -0.1) is 0 Å². The normalized spacial score (nSPS) is 20.9. The maximum absolute atomic E-state index is 13.7. The summed E-state index contributed by atoms with van der Waals surface area (Å²) in [6, 6.07) is 4.57. The van der Waals surface area contributed by atoms with Gasteiger partial charge >= 0.3 is 24.1 Å². The Morgan fingerprint density at radius 2 is 1.93 bits per heavy atom. The van der Waals surface area contributed by atoms with Crippen molar-refractivity contribution in [2.24, 2.45) is 5.92 Å². The molecule has 1 saturated heterocycles. The summed E-state index contributed by atoms with van der Waals surface area (Å²) in [5, 5.41) is 1.81. The van der Waals surface area contributed by atoms with Gasteiger partial charge in [-0.25, -0.2) is 4.79 Å². The van der Waals surface area contributed by atoms with E-state index in [2.05, 4.69) is 0 Å². The van der Waals surface area contributed by atoms with E-state index >= 15 is 0 Å². The summed E-state index contributed by atoms with van der Waals surface area (Å²) in [5.41, 5.74) is 0. The molecule has 27 heavy (non-hydrogen) atoms. The van der Waals surface area contributed by atoms with Gasteiger partial charge in [0.1, 0.15) is 0 Å². The van der Waals surface area contributed by atoms with Gasteiger partial charge in [0, 0.05) is 13.1 Å². The summed E-state index contributed by atoms with van der Waals surface area (Å²) in [7, 11) is 0. The lowest BCUT2D eigenvalue weighted by Crippen LogP contribution is -2.67. The zero-order valence-electron chi connectivity index (χ0n) is 14.5. The van der Waals surface area contributed by atoms with Gasteiger partial charge in [-0.3, -0.25) is 10.1 Å². The van der Waals surface area contributed by atoms with Crippen LogP contribution in [0.1, 0.15) is 19.8 Å². The van der Waals surface area contributed by atoms with Crippen molar-refractivity contribution in [2.75, 3.05) is 19.7 Å². The van der Waals surface area contributed by atoms with Gasteiger partial charge in [-0.2, -0.15) is 13.2 Å². The Kier molecular flexibility index (Phi) is 5.07. The molecule has 2 amide bonds. The molecule has 0 spiro atoms. The third-order valence-corrected chi connectivity index (χ3v) is 4.33. The molecule has 3 rings (SSSR count). The Morgan fingerprint density at radius 3 is 2.48 bits per heavy atom. The number of benzene rings is 1. The van der Waals surface area contributed by atoms with Crippen LogP contribution in [-0.4, -0.2) is 48.7 Å². The smallest absolute Gasteiger partial charge is 0.466 e. The molecule has 10 heteroatoms. The van der Waals surface area contributed by atoms with Crippen molar-refractivity contribution in [3.8, 4) is 11.5 Å². The van der Waals surface area contributed by atoms with Gasteiger partial charge < -0.3 is 19.1 Å². The van der Waals surface area contributed by atoms with Gasteiger partial charge in [-0.05, 0) is 31.9 Å². The fraction of sp³-hybridized carbons (Fsp3) is 0.529. The SMILES string of the molecule is CCOC(=O)[C@H]1CCCN(C(=O)NC2(C(F)(F)F)Oc3ccccc3O2)C1. The molecule has 0 unspecified atom stereocenters. The molecule has 0 bridgehead atoms. The number of urea groups is 1. The molecule has 1 aromatic rings. The molecule has 1 N–H and O–H groups in total. The number of likely N-dealkylation sites (tertiary alicyclic amines) is 1. The largest absolute Gasteiger partial charge is 0.492 e. The van der Waals surface area contributed by atoms with Crippen molar-refractivity contribution in [1.29, 1.82) is 0 Å². The van der Waals surface area contributed by atoms with Crippen molar-refractivity contribution in [2.45, 2.75) is 31.9 Å². The van der Waals surface area contributed by atoms with Gasteiger partial charge in [0.2, 0.25) is 0 Å². The van der Waals surface area contributed by atoms with Crippen molar-refractivity contribution < 1.29 is 37.0 Å². The molecule has 0 aromatic heterocycles. The molecule has 2 heterocycles. The van der Waals surface area contributed by atoms with Crippen molar-refractivity contribution in [3.63, 3.8) is 0 Å².